The van der Waals surface area contributed by atoms with Gasteiger partial charge in [0.1, 0.15) is 6.61 Å². The zero-order valence-electron chi connectivity index (χ0n) is 14.5. The summed E-state index contributed by atoms with van der Waals surface area (Å²) in [6, 6.07) is 0. The minimum atomic E-state index is -0.553. The van der Waals surface area contributed by atoms with E-state index in [-0.39, 0.29) is 24.4 Å². The van der Waals surface area contributed by atoms with E-state index in [2.05, 4.69) is 12.7 Å². The van der Waals surface area contributed by atoms with Crippen molar-refractivity contribution in [3.63, 3.8) is 0 Å². The molecule has 0 aromatic heterocycles. The lowest BCUT2D eigenvalue weighted by Crippen LogP contribution is -2.23. The molecule has 130 valence electrons. The lowest BCUT2D eigenvalue weighted by Gasteiger charge is -2.27. The quantitative estimate of drug-likeness (QED) is 0.532. The van der Waals surface area contributed by atoms with Crippen LogP contribution in [0.3, 0.4) is 0 Å². The Hall–Kier alpha value is -1.39. The average molecular weight is 322 g/mol. The van der Waals surface area contributed by atoms with Gasteiger partial charge in [-0.3, -0.25) is 4.79 Å². The van der Waals surface area contributed by atoms with Crippen molar-refractivity contribution in [2.75, 3.05) is 13.2 Å². The third-order valence-corrected chi connectivity index (χ3v) is 4.23. The first-order valence-corrected chi connectivity index (χ1v) is 8.32. The fraction of sp³-hybridized carbons (Fsp3) is 0.632. The van der Waals surface area contributed by atoms with Crippen LogP contribution in [0.25, 0.3) is 0 Å². The highest BCUT2D eigenvalue weighted by atomic mass is 16.5. The molecule has 0 radical (unpaired) electrons. The highest BCUT2D eigenvalue weighted by molar-refractivity contribution is 5.71. The molecule has 0 saturated heterocycles. The van der Waals surface area contributed by atoms with Crippen LogP contribution in [0.4, 0.5) is 0 Å². The second-order valence-electron chi connectivity index (χ2n) is 6.63. The number of hydrogen-bond donors (Lipinski definition) is 2. The summed E-state index contributed by atoms with van der Waals surface area (Å²) in [6.07, 6.45) is 6.63. The normalized spacial score (nSPS) is 22.0. The number of hydrogen-bond acceptors (Lipinski definition) is 4. The first-order valence-electron chi connectivity index (χ1n) is 8.32. The number of ether oxygens (including phenoxy) is 1. The molecule has 0 aromatic rings. The number of aliphatic hydroxyl groups excluding tert-OH is 2. The van der Waals surface area contributed by atoms with Crippen molar-refractivity contribution in [3.05, 3.63) is 35.5 Å². The maximum absolute atomic E-state index is 11.4. The first-order chi connectivity index (χ1) is 10.8. The molecule has 0 saturated carbocycles. The van der Waals surface area contributed by atoms with Crippen LogP contribution < -0.4 is 0 Å². The van der Waals surface area contributed by atoms with E-state index in [1.54, 1.807) is 0 Å². The van der Waals surface area contributed by atoms with Crippen molar-refractivity contribution >= 4 is 5.97 Å². The van der Waals surface area contributed by atoms with Crippen LogP contribution in [0.15, 0.2) is 35.5 Å². The van der Waals surface area contributed by atoms with Gasteiger partial charge < -0.3 is 14.9 Å². The van der Waals surface area contributed by atoms with Crippen LogP contribution in [0.1, 0.15) is 46.5 Å². The monoisotopic (exact) mass is 322 g/mol. The molecule has 0 spiro atoms. The maximum atomic E-state index is 11.4. The molecule has 0 amide bonds. The summed E-state index contributed by atoms with van der Waals surface area (Å²) in [7, 11) is 0. The van der Waals surface area contributed by atoms with Gasteiger partial charge in [0.05, 0.1) is 18.6 Å². The summed E-state index contributed by atoms with van der Waals surface area (Å²) in [5.41, 5.74) is 2.88. The minimum Gasteiger partial charge on any atom is -0.461 e. The number of rotatable bonds is 8. The number of carbonyl (C=O) groups excluding carboxylic acids is 1. The van der Waals surface area contributed by atoms with Crippen LogP contribution in [0, 0.1) is 11.8 Å². The summed E-state index contributed by atoms with van der Waals surface area (Å²) in [5.74, 6) is -0.00484. The van der Waals surface area contributed by atoms with Crippen molar-refractivity contribution in [2.45, 2.75) is 52.6 Å². The van der Waals surface area contributed by atoms with E-state index in [1.807, 2.05) is 26.8 Å². The zero-order valence-corrected chi connectivity index (χ0v) is 14.5. The predicted molar refractivity (Wildman–Crippen MR) is 91.8 cm³/mol. The Balaban J connectivity index is 2.35. The molecule has 4 nitrogen and oxygen atoms in total. The second kappa shape index (κ2) is 9.68. The molecule has 1 aliphatic carbocycles. The molecule has 4 heteroatoms. The topological polar surface area (TPSA) is 66.8 Å². The summed E-state index contributed by atoms with van der Waals surface area (Å²) in [6.45, 7) is 10.0. The van der Waals surface area contributed by atoms with E-state index in [9.17, 15) is 9.90 Å². The molecule has 0 bridgehead atoms. The summed E-state index contributed by atoms with van der Waals surface area (Å²) in [5, 5.41) is 19.1. The van der Waals surface area contributed by atoms with Crippen LogP contribution >= 0.6 is 0 Å². The molecule has 0 aliphatic heterocycles. The molecule has 0 heterocycles. The van der Waals surface area contributed by atoms with Gasteiger partial charge in [-0.2, -0.15) is 0 Å². The van der Waals surface area contributed by atoms with E-state index in [0.29, 0.717) is 13.0 Å². The van der Waals surface area contributed by atoms with Gasteiger partial charge >= 0.3 is 5.97 Å². The fourth-order valence-electron chi connectivity index (χ4n) is 2.57. The van der Waals surface area contributed by atoms with Gasteiger partial charge in [-0.25, -0.2) is 0 Å². The van der Waals surface area contributed by atoms with Gasteiger partial charge in [0, 0.05) is 0 Å². The van der Waals surface area contributed by atoms with Crippen LogP contribution in [0.2, 0.25) is 0 Å². The average Bonchev–Trinajstić information content (AvgIpc) is 2.52. The molecule has 0 aromatic carbocycles. The summed E-state index contributed by atoms with van der Waals surface area (Å²) in [4.78, 5) is 11.4. The third-order valence-electron chi connectivity index (χ3n) is 4.23. The van der Waals surface area contributed by atoms with E-state index < -0.39 is 6.10 Å². The smallest absolute Gasteiger partial charge is 0.308 e. The third kappa shape index (κ3) is 6.71. The van der Waals surface area contributed by atoms with Crippen LogP contribution in [-0.4, -0.2) is 35.5 Å². The Morgan fingerprint density at radius 3 is 2.78 bits per heavy atom. The second-order valence-corrected chi connectivity index (χ2v) is 6.63. The summed E-state index contributed by atoms with van der Waals surface area (Å²) < 4.78 is 5.18. The Morgan fingerprint density at radius 1 is 1.52 bits per heavy atom. The van der Waals surface area contributed by atoms with Gasteiger partial charge in [-0.15, -0.1) is 0 Å². The highest BCUT2D eigenvalue weighted by Crippen LogP contribution is 2.30. The Bertz CT molecular complexity index is 474. The molecule has 0 fully saturated rings. The van der Waals surface area contributed by atoms with Gasteiger partial charge in [0.15, 0.2) is 0 Å². The van der Waals surface area contributed by atoms with Gasteiger partial charge in [0.2, 0.25) is 0 Å². The van der Waals surface area contributed by atoms with Crippen LogP contribution in [-0.2, 0) is 9.53 Å². The summed E-state index contributed by atoms with van der Waals surface area (Å²) >= 11 is 0. The molecule has 1 aliphatic rings. The SMILES string of the molecule is C=C(CC/C=C(\C)COC(=O)C(C)C)C1CC=C(CO)C(O)C1. The van der Waals surface area contributed by atoms with Crippen molar-refractivity contribution in [2.24, 2.45) is 11.8 Å². The van der Waals surface area contributed by atoms with Crippen molar-refractivity contribution in [3.8, 4) is 0 Å². The predicted octanol–water partition coefficient (Wildman–Crippen LogP) is 3.16. The van der Waals surface area contributed by atoms with E-state index in [1.165, 1.54) is 0 Å². The van der Waals surface area contributed by atoms with Gasteiger partial charge in [-0.1, -0.05) is 38.2 Å². The first kappa shape index (κ1) is 19.7. The van der Waals surface area contributed by atoms with Crippen LogP contribution in [0.5, 0.6) is 0 Å². The van der Waals surface area contributed by atoms with Crippen molar-refractivity contribution in [1.29, 1.82) is 0 Å². The van der Waals surface area contributed by atoms with E-state index in [4.69, 9.17) is 9.84 Å². The fourth-order valence-corrected chi connectivity index (χ4v) is 2.57. The largest absolute Gasteiger partial charge is 0.461 e. The molecule has 2 atom stereocenters. The Kier molecular flexibility index (Phi) is 8.28. The Morgan fingerprint density at radius 2 is 2.22 bits per heavy atom. The number of aliphatic hydroxyl groups is 2. The molecular formula is C19H30O4. The van der Waals surface area contributed by atoms with Gasteiger partial charge in [-0.05, 0) is 49.7 Å². The zero-order chi connectivity index (χ0) is 17.4. The molecule has 2 N–H and O–H groups in total. The molecule has 2 unspecified atom stereocenters. The maximum Gasteiger partial charge on any atom is 0.308 e. The molecule has 1 rings (SSSR count). The minimum absolute atomic E-state index is 0.0720. The molecular weight excluding hydrogens is 292 g/mol. The van der Waals surface area contributed by atoms with E-state index >= 15 is 0 Å². The van der Waals surface area contributed by atoms with Gasteiger partial charge in [0.25, 0.3) is 0 Å². The number of esters is 1. The lowest BCUT2D eigenvalue weighted by molar-refractivity contribution is -0.146. The van der Waals surface area contributed by atoms with Crippen molar-refractivity contribution < 1.29 is 19.7 Å². The number of allylic oxidation sites excluding steroid dienone is 3. The highest BCUT2D eigenvalue weighted by Gasteiger charge is 2.23. The number of carbonyl (C=O) groups is 1. The lowest BCUT2D eigenvalue weighted by atomic mass is 9.82. The molecule has 23 heavy (non-hydrogen) atoms. The van der Waals surface area contributed by atoms with E-state index in [0.717, 1.165) is 36.0 Å². The van der Waals surface area contributed by atoms with Crippen molar-refractivity contribution in [1.82, 2.24) is 0 Å². The Labute approximate surface area is 139 Å². The standard InChI is InChI=1S/C19H30O4/c1-13(2)19(22)23-12-14(3)6-5-7-15(4)16-8-9-17(11-20)18(21)10-16/h6,9,13,16,18,20-21H,4-5,7-8,10-12H2,1-3H3/b14-6+.